The van der Waals surface area contributed by atoms with Crippen molar-refractivity contribution >= 4 is 17.2 Å². The highest BCUT2D eigenvalue weighted by atomic mass is 16.5. The molecule has 1 unspecified atom stereocenters. The van der Waals surface area contributed by atoms with Crippen LogP contribution in [0.1, 0.15) is 42.4 Å². The molecule has 1 aromatic carbocycles. The molecule has 1 saturated heterocycles. The van der Waals surface area contributed by atoms with Crippen LogP contribution in [0.3, 0.4) is 0 Å². The van der Waals surface area contributed by atoms with Crippen LogP contribution in [0.5, 0.6) is 0 Å². The lowest BCUT2D eigenvalue weighted by Crippen LogP contribution is -2.40. The number of carbonyl (C=O) groups is 1. The smallest absolute Gasteiger partial charge is 0.156 e. The van der Waals surface area contributed by atoms with E-state index in [4.69, 9.17) is 9.72 Å². The van der Waals surface area contributed by atoms with Crippen LogP contribution >= 0.6 is 0 Å². The van der Waals surface area contributed by atoms with E-state index in [-0.39, 0.29) is 5.78 Å². The Bertz CT molecular complexity index is 1230. The second kappa shape index (κ2) is 8.15. The van der Waals surface area contributed by atoms with Gasteiger partial charge >= 0.3 is 0 Å². The lowest BCUT2D eigenvalue weighted by atomic mass is 9.64. The number of nitrogens with zero attached hydrogens (tertiary/aromatic N) is 5. The first kappa shape index (κ1) is 21.4. The molecule has 0 N–H and O–H groups in total. The van der Waals surface area contributed by atoms with E-state index in [0.717, 1.165) is 52.6 Å². The van der Waals surface area contributed by atoms with Crippen molar-refractivity contribution in [2.45, 2.75) is 32.1 Å². The first-order valence-electron chi connectivity index (χ1n) is 11.2. The number of benzene rings is 1. The summed E-state index contributed by atoms with van der Waals surface area (Å²) in [6.45, 7) is 13.0. The minimum Gasteiger partial charge on any atom is -0.378 e. The molecular formula is C26H27N5O2. The minimum absolute atomic E-state index is 0.0832. The van der Waals surface area contributed by atoms with E-state index < -0.39 is 11.3 Å². The van der Waals surface area contributed by atoms with Gasteiger partial charge in [-0.05, 0) is 49.1 Å². The second-order valence-corrected chi connectivity index (χ2v) is 9.13. The van der Waals surface area contributed by atoms with Crippen molar-refractivity contribution < 1.29 is 9.53 Å². The monoisotopic (exact) mass is 441 g/mol. The number of hydrogen-bond acceptors (Lipinski definition) is 7. The van der Waals surface area contributed by atoms with Crippen LogP contribution < -0.4 is 4.90 Å². The van der Waals surface area contributed by atoms with Gasteiger partial charge in [-0.15, -0.1) is 0 Å². The standard InChI is InChI=1S/C26H27N5O2/c1-16-20-11-18(19-12-28-17(2)29-13-19)5-6-21(20)26(3,4)25(32)24(16)22-14-27-15-23(30-22)31-7-9-33-10-8-31/h5-6,11-15,24H,1,7-10H2,2-4H3. The molecular weight excluding hydrogens is 414 g/mol. The maximum absolute atomic E-state index is 13.7. The Morgan fingerprint density at radius 2 is 1.79 bits per heavy atom. The lowest BCUT2D eigenvalue weighted by Gasteiger charge is -2.37. The van der Waals surface area contributed by atoms with Gasteiger partial charge in [-0.1, -0.05) is 18.7 Å². The number of carbonyl (C=O) groups excluding carboxylic acids is 1. The molecule has 3 aromatic rings. The molecule has 2 aliphatic rings. The number of anilines is 1. The number of aromatic nitrogens is 4. The van der Waals surface area contributed by atoms with Crippen molar-refractivity contribution in [1.82, 2.24) is 19.9 Å². The first-order valence-corrected chi connectivity index (χ1v) is 11.2. The predicted molar refractivity (Wildman–Crippen MR) is 127 cm³/mol. The van der Waals surface area contributed by atoms with Crippen LogP contribution in [-0.2, 0) is 14.9 Å². The Balaban J connectivity index is 1.57. The van der Waals surface area contributed by atoms with Gasteiger partial charge in [0.2, 0.25) is 0 Å². The number of ketones is 1. The molecule has 1 aliphatic carbocycles. The Morgan fingerprint density at radius 1 is 1.06 bits per heavy atom. The van der Waals surface area contributed by atoms with E-state index >= 15 is 0 Å². The van der Waals surface area contributed by atoms with Crippen molar-refractivity contribution in [3.63, 3.8) is 0 Å². The summed E-state index contributed by atoms with van der Waals surface area (Å²) >= 11 is 0. The predicted octanol–water partition coefficient (Wildman–Crippen LogP) is 3.74. The molecule has 0 saturated carbocycles. The van der Waals surface area contributed by atoms with Gasteiger partial charge in [-0.2, -0.15) is 0 Å². The van der Waals surface area contributed by atoms with Crippen molar-refractivity contribution in [2.24, 2.45) is 0 Å². The van der Waals surface area contributed by atoms with Gasteiger partial charge in [-0.25, -0.2) is 15.0 Å². The third-order valence-electron chi connectivity index (χ3n) is 6.65. The SMILES string of the molecule is C=C1c2cc(-c3cnc(C)nc3)ccc2C(C)(C)C(=O)C1c1cncc(N2CCOCC2)n1. The number of fused-ring (bicyclic) bond motifs is 1. The zero-order chi connectivity index (χ0) is 23.2. The number of rotatable bonds is 3. The van der Waals surface area contributed by atoms with Gasteiger partial charge in [-0.3, -0.25) is 9.78 Å². The summed E-state index contributed by atoms with van der Waals surface area (Å²) in [4.78, 5) is 33.8. The zero-order valence-corrected chi connectivity index (χ0v) is 19.2. The van der Waals surface area contributed by atoms with Gasteiger partial charge in [0.25, 0.3) is 0 Å². The molecule has 0 bridgehead atoms. The van der Waals surface area contributed by atoms with Gasteiger partial charge in [0, 0.05) is 42.7 Å². The van der Waals surface area contributed by atoms with E-state index in [1.807, 2.05) is 45.3 Å². The van der Waals surface area contributed by atoms with Gasteiger partial charge in [0.1, 0.15) is 11.6 Å². The molecule has 5 rings (SSSR count). The highest BCUT2D eigenvalue weighted by Crippen LogP contribution is 2.47. The lowest BCUT2D eigenvalue weighted by molar-refractivity contribution is -0.124. The largest absolute Gasteiger partial charge is 0.378 e. The molecule has 0 spiro atoms. The number of allylic oxidation sites excluding steroid dienone is 1. The van der Waals surface area contributed by atoms with E-state index in [9.17, 15) is 4.79 Å². The quantitative estimate of drug-likeness (QED) is 0.612. The topological polar surface area (TPSA) is 81.1 Å². The minimum atomic E-state index is -0.680. The third-order valence-corrected chi connectivity index (χ3v) is 6.65. The summed E-state index contributed by atoms with van der Waals surface area (Å²) in [5.74, 6) is 1.03. The highest BCUT2D eigenvalue weighted by Gasteiger charge is 2.44. The Hall–Kier alpha value is -3.45. The number of morpholine rings is 1. The molecule has 1 atom stereocenters. The summed E-state index contributed by atoms with van der Waals surface area (Å²) in [7, 11) is 0. The van der Waals surface area contributed by atoms with Crippen molar-refractivity contribution in [3.05, 3.63) is 72.2 Å². The number of aryl methyl sites for hydroxylation is 1. The number of Topliss-reactive ketones (excluding diaryl/α,β-unsaturated/α-hetero) is 1. The Kier molecular flexibility index (Phi) is 5.29. The van der Waals surface area contributed by atoms with E-state index in [1.54, 1.807) is 12.4 Å². The average molecular weight is 442 g/mol. The summed E-state index contributed by atoms with van der Waals surface area (Å²) in [5.41, 5.74) is 4.57. The summed E-state index contributed by atoms with van der Waals surface area (Å²) in [6.07, 6.45) is 7.08. The van der Waals surface area contributed by atoms with Gasteiger partial charge < -0.3 is 9.64 Å². The Labute approximate surface area is 193 Å². The number of ether oxygens (including phenoxy) is 1. The molecule has 33 heavy (non-hydrogen) atoms. The van der Waals surface area contributed by atoms with Crippen LogP contribution in [0.25, 0.3) is 16.7 Å². The normalized spacial score (nSPS) is 20.0. The zero-order valence-electron chi connectivity index (χ0n) is 19.2. The van der Waals surface area contributed by atoms with Crippen LogP contribution in [0.4, 0.5) is 5.82 Å². The molecule has 0 amide bonds. The molecule has 1 fully saturated rings. The number of hydrogen-bond donors (Lipinski definition) is 0. The summed E-state index contributed by atoms with van der Waals surface area (Å²) in [5, 5.41) is 0. The van der Waals surface area contributed by atoms with E-state index in [2.05, 4.69) is 32.5 Å². The Morgan fingerprint density at radius 3 is 2.52 bits per heavy atom. The molecule has 3 heterocycles. The summed E-state index contributed by atoms with van der Waals surface area (Å²) in [6, 6.07) is 6.14. The fourth-order valence-corrected chi connectivity index (χ4v) is 4.65. The fraction of sp³-hybridized carbons (Fsp3) is 0.346. The molecule has 0 radical (unpaired) electrons. The first-order chi connectivity index (χ1) is 15.9. The van der Waals surface area contributed by atoms with Crippen LogP contribution in [0.2, 0.25) is 0 Å². The van der Waals surface area contributed by atoms with Crippen molar-refractivity contribution in [1.29, 1.82) is 0 Å². The fourth-order valence-electron chi connectivity index (χ4n) is 4.65. The van der Waals surface area contributed by atoms with Gasteiger partial charge in [0.05, 0.1) is 31.0 Å². The van der Waals surface area contributed by atoms with Crippen LogP contribution in [0.15, 0.2) is 49.6 Å². The van der Waals surface area contributed by atoms with Gasteiger partial charge in [0.15, 0.2) is 5.78 Å². The molecule has 7 heteroatoms. The molecule has 7 nitrogen and oxygen atoms in total. The maximum atomic E-state index is 13.7. The molecule has 2 aromatic heterocycles. The summed E-state index contributed by atoms with van der Waals surface area (Å²) < 4.78 is 5.46. The highest BCUT2D eigenvalue weighted by molar-refractivity contribution is 6.08. The van der Waals surface area contributed by atoms with Crippen LogP contribution in [-0.4, -0.2) is 52.0 Å². The van der Waals surface area contributed by atoms with E-state index in [0.29, 0.717) is 18.9 Å². The van der Waals surface area contributed by atoms with Crippen LogP contribution in [0, 0.1) is 6.92 Å². The molecule has 168 valence electrons. The van der Waals surface area contributed by atoms with Crippen molar-refractivity contribution in [2.75, 3.05) is 31.2 Å². The van der Waals surface area contributed by atoms with E-state index in [1.165, 1.54) is 0 Å². The second-order valence-electron chi connectivity index (χ2n) is 9.13. The van der Waals surface area contributed by atoms with Crippen molar-refractivity contribution in [3.8, 4) is 11.1 Å². The maximum Gasteiger partial charge on any atom is 0.156 e. The average Bonchev–Trinajstić information content (AvgIpc) is 2.84. The molecule has 1 aliphatic heterocycles. The third kappa shape index (κ3) is 3.72.